The van der Waals surface area contributed by atoms with Gasteiger partial charge in [0.2, 0.25) is 5.76 Å². The number of oxazole rings is 1. The maximum absolute atomic E-state index is 12.8. The molecular weight excluding hydrogens is 366 g/mol. The van der Waals surface area contributed by atoms with Gasteiger partial charge in [-0.25, -0.2) is 26.9 Å². The first-order chi connectivity index (χ1) is 11.8. The van der Waals surface area contributed by atoms with Gasteiger partial charge in [0, 0.05) is 0 Å². The van der Waals surface area contributed by atoms with Crippen molar-refractivity contribution in [2.24, 2.45) is 0 Å². The highest BCUT2D eigenvalue weighted by molar-refractivity contribution is 7.90. The molecule has 6 nitrogen and oxygen atoms in total. The summed E-state index contributed by atoms with van der Waals surface area (Å²) >= 11 is 0. The molecule has 0 bridgehead atoms. The van der Waals surface area contributed by atoms with Crippen LogP contribution in [0.1, 0.15) is 60.1 Å². The van der Waals surface area contributed by atoms with E-state index in [0.29, 0.717) is 17.5 Å². The van der Waals surface area contributed by atoms with E-state index in [1.807, 2.05) is 20.8 Å². The molecule has 1 heterocycles. The quantitative estimate of drug-likeness (QED) is 0.866. The van der Waals surface area contributed by atoms with Crippen molar-refractivity contribution in [3.8, 4) is 0 Å². The van der Waals surface area contributed by atoms with E-state index in [9.17, 15) is 22.0 Å². The lowest BCUT2D eigenvalue weighted by Gasteiger charge is -2.22. The van der Waals surface area contributed by atoms with Gasteiger partial charge in [0.1, 0.15) is 0 Å². The molecule has 0 aliphatic carbocycles. The fraction of sp³-hybridized carbons (Fsp3) is 0.412. The number of halogens is 2. The van der Waals surface area contributed by atoms with Crippen molar-refractivity contribution in [1.82, 2.24) is 9.71 Å². The Morgan fingerprint density at radius 2 is 1.73 bits per heavy atom. The number of nitrogens with one attached hydrogen (secondary N) is 1. The SMILES string of the molecule is Cc1cc(C(C)(C)C)cc(C)c1S(=O)(=O)NC(=O)c1ocnc1C(F)F. The maximum atomic E-state index is 12.8. The number of hydrogen-bond acceptors (Lipinski definition) is 5. The highest BCUT2D eigenvalue weighted by Crippen LogP contribution is 2.29. The van der Waals surface area contributed by atoms with Crippen LogP contribution in [0.4, 0.5) is 8.78 Å². The van der Waals surface area contributed by atoms with Crippen molar-refractivity contribution in [2.75, 3.05) is 0 Å². The van der Waals surface area contributed by atoms with E-state index in [2.05, 4.69) is 9.40 Å². The minimum absolute atomic E-state index is 0.0723. The number of nitrogens with zero attached hydrogens (tertiary/aromatic N) is 1. The topological polar surface area (TPSA) is 89.3 Å². The van der Waals surface area contributed by atoms with Crippen LogP contribution in [0.15, 0.2) is 27.8 Å². The van der Waals surface area contributed by atoms with E-state index in [-0.39, 0.29) is 10.3 Å². The van der Waals surface area contributed by atoms with Crippen LogP contribution < -0.4 is 4.72 Å². The van der Waals surface area contributed by atoms with Gasteiger partial charge in [0.25, 0.3) is 16.4 Å². The van der Waals surface area contributed by atoms with Crippen LogP contribution in [0, 0.1) is 13.8 Å². The Morgan fingerprint density at radius 1 is 1.19 bits per heavy atom. The number of aromatic nitrogens is 1. The summed E-state index contributed by atoms with van der Waals surface area (Å²) in [5.41, 5.74) is 0.735. The molecule has 26 heavy (non-hydrogen) atoms. The molecule has 0 spiro atoms. The van der Waals surface area contributed by atoms with E-state index >= 15 is 0 Å². The molecule has 9 heteroatoms. The number of amides is 1. The van der Waals surface area contributed by atoms with E-state index in [0.717, 1.165) is 5.56 Å². The van der Waals surface area contributed by atoms with Gasteiger partial charge in [-0.15, -0.1) is 0 Å². The number of sulfonamides is 1. The normalized spacial score (nSPS) is 12.5. The molecule has 2 aromatic rings. The third-order valence-electron chi connectivity index (χ3n) is 3.83. The molecule has 0 saturated heterocycles. The molecule has 0 unspecified atom stereocenters. The van der Waals surface area contributed by atoms with E-state index in [4.69, 9.17) is 0 Å². The van der Waals surface area contributed by atoms with Crippen LogP contribution in [-0.4, -0.2) is 19.3 Å². The van der Waals surface area contributed by atoms with Crippen molar-refractivity contribution in [2.45, 2.75) is 51.4 Å². The number of aryl methyl sites for hydroxylation is 2. The number of alkyl halides is 2. The number of carbonyl (C=O) groups excluding carboxylic acids is 1. The van der Waals surface area contributed by atoms with Crippen LogP contribution in [0.5, 0.6) is 0 Å². The molecule has 1 N–H and O–H groups in total. The molecular formula is C17H20F2N2O4S. The zero-order valence-corrected chi connectivity index (χ0v) is 15.9. The first-order valence-electron chi connectivity index (χ1n) is 7.75. The summed E-state index contributed by atoms with van der Waals surface area (Å²) in [4.78, 5) is 15.3. The van der Waals surface area contributed by atoms with Crippen molar-refractivity contribution in [3.63, 3.8) is 0 Å². The smallest absolute Gasteiger partial charge is 0.302 e. The number of hydrogen-bond donors (Lipinski definition) is 1. The minimum Gasteiger partial charge on any atom is -0.438 e. The van der Waals surface area contributed by atoms with Crippen molar-refractivity contribution < 1.29 is 26.4 Å². The molecule has 0 atom stereocenters. The number of rotatable bonds is 4. The van der Waals surface area contributed by atoms with Gasteiger partial charge in [-0.3, -0.25) is 4.79 Å². The van der Waals surface area contributed by atoms with Crippen LogP contribution in [0.3, 0.4) is 0 Å². The predicted octanol–water partition coefficient (Wildman–Crippen LogP) is 3.65. The summed E-state index contributed by atoms with van der Waals surface area (Å²) in [7, 11) is -4.28. The van der Waals surface area contributed by atoms with E-state index in [1.165, 1.54) is 0 Å². The van der Waals surface area contributed by atoms with Crippen molar-refractivity contribution in [1.29, 1.82) is 0 Å². The minimum atomic E-state index is -4.28. The molecule has 2 rings (SSSR count). The van der Waals surface area contributed by atoms with E-state index in [1.54, 1.807) is 30.7 Å². The van der Waals surface area contributed by atoms with Crippen LogP contribution in [-0.2, 0) is 15.4 Å². The summed E-state index contributed by atoms with van der Waals surface area (Å²) in [5, 5.41) is 0. The number of benzene rings is 1. The summed E-state index contributed by atoms with van der Waals surface area (Å²) in [6.07, 6.45) is -2.40. The highest BCUT2D eigenvalue weighted by Gasteiger charge is 2.30. The lowest BCUT2D eigenvalue weighted by molar-refractivity contribution is 0.0935. The Balaban J connectivity index is 2.42. The van der Waals surface area contributed by atoms with Crippen LogP contribution >= 0.6 is 0 Å². The van der Waals surface area contributed by atoms with Gasteiger partial charge in [0.05, 0.1) is 4.90 Å². The van der Waals surface area contributed by atoms with Crippen molar-refractivity contribution in [3.05, 3.63) is 46.7 Å². The molecule has 1 aromatic heterocycles. The first kappa shape index (κ1) is 20.0. The Morgan fingerprint density at radius 3 is 2.19 bits per heavy atom. The standard InChI is InChI=1S/C17H20F2N2O4S/c1-9-6-11(17(3,4)5)7-10(2)14(9)26(23,24)21-16(22)13-12(15(18)19)20-8-25-13/h6-8,15H,1-5H3,(H,21,22). The average Bonchev–Trinajstić information content (AvgIpc) is 2.94. The zero-order valence-electron chi connectivity index (χ0n) is 15.1. The van der Waals surface area contributed by atoms with Crippen LogP contribution in [0.2, 0.25) is 0 Å². The Labute approximate surface area is 150 Å². The predicted molar refractivity (Wildman–Crippen MR) is 90.7 cm³/mol. The largest absolute Gasteiger partial charge is 0.438 e. The molecule has 0 aliphatic heterocycles. The van der Waals surface area contributed by atoms with Gasteiger partial charge in [-0.2, -0.15) is 0 Å². The second-order valence-electron chi connectivity index (χ2n) is 6.99. The summed E-state index contributed by atoms with van der Waals surface area (Å²) < 4.78 is 57.3. The Hall–Kier alpha value is -2.29. The molecule has 0 fully saturated rings. The van der Waals surface area contributed by atoms with Gasteiger partial charge in [0.15, 0.2) is 12.1 Å². The molecule has 0 aliphatic rings. The summed E-state index contributed by atoms with van der Waals surface area (Å²) in [6, 6.07) is 3.45. The van der Waals surface area contributed by atoms with Gasteiger partial charge in [-0.1, -0.05) is 32.9 Å². The molecule has 1 amide bonds. The molecule has 142 valence electrons. The Kier molecular flexibility index (Phi) is 5.23. The monoisotopic (exact) mass is 386 g/mol. The Bertz CT molecular complexity index is 921. The second-order valence-corrected chi connectivity index (χ2v) is 8.61. The van der Waals surface area contributed by atoms with Gasteiger partial charge < -0.3 is 4.42 Å². The number of carbonyl (C=O) groups is 1. The third kappa shape index (κ3) is 3.92. The van der Waals surface area contributed by atoms with Crippen molar-refractivity contribution >= 4 is 15.9 Å². The van der Waals surface area contributed by atoms with Crippen LogP contribution in [0.25, 0.3) is 0 Å². The maximum Gasteiger partial charge on any atom is 0.302 e. The fourth-order valence-electron chi connectivity index (χ4n) is 2.61. The van der Waals surface area contributed by atoms with Gasteiger partial charge >= 0.3 is 5.91 Å². The lowest BCUT2D eigenvalue weighted by atomic mass is 9.85. The summed E-state index contributed by atoms with van der Waals surface area (Å²) in [5.74, 6) is -2.12. The molecule has 0 radical (unpaired) electrons. The molecule has 0 saturated carbocycles. The third-order valence-corrected chi connectivity index (χ3v) is 5.47. The zero-order chi connectivity index (χ0) is 19.9. The first-order valence-corrected chi connectivity index (χ1v) is 9.23. The van der Waals surface area contributed by atoms with E-state index < -0.39 is 33.8 Å². The lowest BCUT2D eigenvalue weighted by Crippen LogP contribution is -2.32. The van der Waals surface area contributed by atoms with Gasteiger partial charge in [-0.05, 0) is 36.0 Å². The molecule has 1 aromatic carbocycles. The second kappa shape index (κ2) is 6.79. The average molecular weight is 386 g/mol. The fourth-order valence-corrected chi connectivity index (χ4v) is 4.01. The summed E-state index contributed by atoms with van der Waals surface area (Å²) in [6.45, 7) is 9.20. The highest BCUT2D eigenvalue weighted by atomic mass is 32.2.